The molecular formula is C29H35N3O4S. The average molecular weight is 522 g/mol. The Morgan fingerprint density at radius 3 is 2.19 bits per heavy atom. The molecule has 37 heavy (non-hydrogen) atoms. The average Bonchev–Trinajstić information content (AvgIpc) is 2.86. The molecule has 0 bridgehead atoms. The molecule has 3 aromatic rings. The topological polar surface area (TPSA) is 95.6 Å². The van der Waals surface area contributed by atoms with Gasteiger partial charge in [0.1, 0.15) is 0 Å². The highest BCUT2D eigenvalue weighted by molar-refractivity contribution is 7.89. The molecular weight excluding hydrogens is 486 g/mol. The van der Waals surface area contributed by atoms with Crippen LogP contribution in [0.25, 0.3) is 10.8 Å². The molecule has 0 radical (unpaired) electrons. The van der Waals surface area contributed by atoms with E-state index in [0.717, 1.165) is 12.0 Å². The second-order valence-corrected chi connectivity index (χ2v) is 11.8. The first-order valence-electron chi connectivity index (χ1n) is 12.8. The van der Waals surface area contributed by atoms with Crippen molar-refractivity contribution in [1.82, 2.24) is 9.62 Å². The summed E-state index contributed by atoms with van der Waals surface area (Å²) in [6, 6.07) is 17.4. The first-order valence-corrected chi connectivity index (χ1v) is 14.3. The van der Waals surface area contributed by atoms with E-state index in [-0.39, 0.29) is 34.6 Å². The standard InChI is InChI=1S/C29H35N3O4S/c1-5-10-27(33)32-17-20(3)28(21(4)18-32)31-37(35,36)26-16-15-25(23-13-8-9-14-24(23)26)30-29(34)22-12-7-6-11-19(22)2/h6-9,11-16,20-21,28,31H,5,10,17-18H2,1-4H3,(H,30,34)/t20-,21+,28?. The predicted molar refractivity (Wildman–Crippen MR) is 147 cm³/mol. The van der Waals surface area contributed by atoms with E-state index in [9.17, 15) is 18.0 Å². The maximum Gasteiger partial charge on any atom is 0.255 e. The summed E-state index contributed by atoms with van der Waals surface area (Å²) in [6.45, 7) is 8.88. The van der Waals surface area contributed by atoms with Crippen molar-refractivity contribution in [2.24, 2.45) is 11.8 Å². The van der Waals surface area contributed by atoms with E-state index in [2.05, 4.69) is 10.0 Å². The highest BCUT2D eigenvalue weighted by atomic mass is 32.2. The monoisotopic (exact) mass is 521 g/mol. The van der Waals surface area contributed by atoms with Gasteiger partial charge in [-0.3, -0.25) is 9.59 Å². The Bertz CT molecular complexity index is 1410. The van der Waals surface area contributed by atoms with Gasteiger partial charge in [-0.15, -0.1) is 0 Å². The third-order valence-corrected chi connectivity index (χ3v) is 8.68. The van der Waals surface area contributed by atoms with Gasteiger partial charge in [0.05, 0.1) is 4.90 Å². The molecule has 3 atom stereocenters. The third-order valence-electron chi connectivity index (χ3n) is 7.16. The molecule has 3 aromatic carbocycles. The fourth-order valence-corrected chi connectivity index (χ4v) is 6.90. The minimum atomic E-state index is -3.87. The summed E-state index contributed by atoms with van der Waals surface area (Å²) in [4.78, 5) is 27.4. The second kappa shape index (κ2) is 11.0. The van der Waals surface area contributed by atoms with Crippen LogP contribution in [0.15, 0.2) is 65.6 Å². The summed E-state index contributed by atoms with van der Waals surface area (Å²) >= 11 is 0. The number of piperidine rings is 1. The number of sulfonamides is 1. The number of amides is 2. The molecule has 0 aliphatic carbocycles. The van der Waals surface area contributed by atoms with Crippen molar-refractivity contribution in [2.75, 3.05) is 18.4 Å². The van der Waals surface area contributed by atoms with E-state index in [0.29, 0.717) is 41.5 Å². The Morgan fingerprint density at radius 1 is 0.919 bits per heavy atom. The highest BCUT2D eigenvalue weighted by Crippen LogP contribution is 2.31. The molecule has 1 aliphatic rings. The maximum atomic E-state index is 13.6. The van der Waals surface area contributed by atoms with Crippen LogP contribution in [0, 0.1) is 18.8 Å². The van der Waals surface area contributed by atoms with Crippen LogP contribution >= 0.6 is 0 Å². The molecule has 2 N–H and O–H groups in total. The molecule has 1 unspecified atom stereocenters. The fraction of sp³-hybridized carbons (Fsp3) is 0.379. The molecule has 0 spiro atoms. The summed E-state index contributed by atoms with van der Waals surface area (Å²) in [7, 11) is -3.87. The molecule has 1 aliphatic heterocycles. The van der Waals surface area contributed by atoms with Crippen molar-refractivity contribution in [2.45, 2.75) is 51.5 Å². The molecule has 1 heterocycles. The Balaban J connectivity index is 1.60. The molecule has 0 saturated carbocycles. The van der Waals surface area contributed by atoms with E-state index in [4.69, 9.17) is 0 Å². The van der Waals surface area contributed by atoms with E-state index in [1.807, 2.05) is 62.9 Å². The van der Waals surface area contributed by atoms with Crippen molar-refractivity contribution in [1.29, 1.82) is 0 Å². The number of aryl methyl sites for hydroxylation is 1. The van der Waals surface area contributed by atoms with Crippen LogP contribution in [0.5, 0.6) is 0 Å². The largest absolute Gasteiger partial charge is 0.342 e. The number of fused-ring (bicyclic) bond motifs is 1. The number of hydrogen-bond donors (Lipinski definition) is 2. The number of carbonyl (C=O) groups is 2. The van der Waals surface area contributed by atoms with Gasteiger partial charge in [0.15, 0.2) is 0 Å². The van der Waals surface area contributed by atoms with E-state index in [1.165, 1.54) is 0 Å². The van der Waals surface area contributed by atoms with Crippen LogP contribution in [0.2, 0.25) is 0 Å². The number of benzene rings is 3. The lowest BCUT2D eigenvalue weighted by atomic mass is 9.86. The summed E-state index contributed by atoms with van der Waals surface area (Å²) in [5.74, 6) is -0.183. The number of nitrogens with one attached hydrogen (secondary N) is 2. The number of likely N-dealkylation sites (tertiary alicyclic amines) is 1. The van der Waals surface area contributed by atoms with Crippen LogP contribution in [-0.2, 0) is 14.8 Å². The minimum Gasteiger partial charge on any atom is -0.342 e. The van der Waals surface area contributed by atoms with E-state index < -0.39 is 10.0 Å². The van der Waals surface area contributed by atoms with Gasteiger partial charge in [0.2, 0.25) is 15.9 Å². The number of rotatable bonds is 7. The smallest absolute Gasteiger partial charge is 0.255 e. The highest BCUT2D eigenvalue weighted by Gasteiger charge is 2.36. The van der Waals surface area contributed by atoms with Crippen molar-refractivity contribution in [3.8, 4) is 0 Å². The number of nitrogens with zero attached hydrogens (tertiary/aromatic N) is 1. The zero-order chi connectivity index (χ0) is 26.7. The first kappa shape index (κ1) is 26.8. The zero-order valence-corrected chi connectivity index (χ0v) is 22.6. The van der Waals surface area contributed by atoms with Crippen molar-refractivity contribution in [3.05, 3.63) is 71.8 Å². The molecule has 0 aromatic heterocycles. The van der Waals surface area contributed by atoms with Gasteiger partial charge in [-0.05, 0) is 48.9 Å². The van der Waals surface area contributed by atoms with Crippen LogP contribution in [0.1, 0.15) is 49.5 Å². The van der Waals surface area contributed by atoms with Crippen LogP contribution in [0.3, 0.4) is 0 Å². The summed E-state index contributed by atoms with van der Waals surface area (Å²) in [5, 5.41) is 4.13. The lowest BCUT2D eigenvalue weighted by Crippen LogP contribution is -2.56. The Morgan fingerprint density at radius 2 is 1.54 bits per heavy atom. The third kappa shape index (κ3) is 5.70. The van der Waals surface area contributed by atoms with Crippen molar-refractivity contribution < 1.29 is 18.0 Å². The molecule has 7 nitrogen and oxygen atoms in total. The summed E-state index contributed by atoms with van der Waals surface area (Å²) in [5.41, 5.74) is 1.97. The van der Waals surface area contributed by atoms with E-state index >= 15 is 0 Å². The Kier molecular flexibility index (Phi) is 7.99. The van der Waals surface area contributed by atoms with Crippen LogP contribution in [0.4, 0.5) is 5.69 Å². The molecule has 2 amide bonds. The first-order chi connectivity index (χ1) is 17.6. The SMILES string of the molecule is CCCC(=O)N1C[C@@H](C)C(NS(=O)(=O)c2ccc(NC(=O)c3ccccc3C)c3ccccc23)[C@@H](C)C1. The molecule has 1 fully saturated rings. The lowest BCUT2D eigenvalue weighted by Gasteiger charge is -2.41. The normalized spacial score (nSPS) is 20.1. The summed E-state index contributed by atoms with van der Waals surface area (Å²) in [6.07, 6.45) is 1.30. The van der Waals surface area contributed by atoms with Crippen molar-refractivity contribution >= 4 is 38.3 Å². The molecule has 4 rings (SSSR count). The van der Waals surface area contributed by atoms with Gasteiger partial charge in [-0.1, -0.05) is 63.2 Å². The Labute approximate surface area is 219 Å². The van der Waals surface area contributed by atoms with E-state index in [1.54, 1.807) is 30.3 Å². The van der Waals surface area contributed by atoms with Crippen molar-refractivity contribution in [3.63, 3.8) is 0 Å². The van der Waals surface area contributed by atoms with Crippen LogP contribution in [-0.4, -0.2) is 44.3 Å². The lowest BCUT2D eigenvalue weighted by molar-refractivity contribution is -0.134. The number of carbonyl (C=O) groups excluding carboxylic acids is 2. The minimum absolute atomic E-state index is 0.0294. The van der Waals surface area contributed by atoms with Gasteiger partial charge >= 0.3 is 0 Å². The second-order valence-electron chi connectivity index (χ2n) is 10.1. The zero-order valence-electron chi connectivity index (χ0n) is 21.8. The quantitative estimate of drug-likeness (QED) is 0.459. The van der Waals surface area contributed by atoms with Gasteiger partial charge in [-0.25, -0.2) is 13.1 Å². The van der Waals surface area contributed by atoms with Gasteiger partial charge in [-0.2, -0.15) is 0 Å². The summed E-state index contributed by atoms with van der Waals surface area (Å²) < 4.78 is 30.2. The van der Waals surface area contributed by atoms with Gasteiger partial charge in [0, 0.05) is 47.6 Å². The fourth-order valence-electron chi connectivity index (χ4n) is 5.24. The predicted octanol–water partition coefficient (Wildman–Crippen LogP) is 4.96. The van der Waals surface area contributed by atoms with Crippen LogP contribution < -0.4 is 10.0 Å². The number of anilines is 1. The maximum absolute atomic E-state index is 13.6. The molecule has 1 saturated heterocycles. The van der Waals surface area contributed by atoms with Gasteiger partial charge < -0.3 is 10.2 Å². The Hall–Kier alpha value is -3.23. The van der Waals surface area contributed by atoms with Gasteiger partial charge in [0.25, 0.3) is 5.91 Å². The molecule has 8 heteroatoms. The number of hydrogen-bond acceptors (Lipinski definition) is 4. The molecule has 196 valence electrons.